The first-order valence-electron chi connectivity index (χ1n) is 8.07. The van der Waals surface area contributed by atoms with Crippen LogP contribution in [0.3, 0.4) is 0 Å². The zero-order valence-corrected chi connectivity index (χ0v) is 13.3. The van der Waals surface area contributed by atoms with Gasteiger partial charge in [-0.15, -0.1) is 0 Å². The minimum atomic E-state index is 0.236. The molecule has 5 nitrogen and oxygen atoms in total. The Morgan fingerprint density at radius 3 is 2.59 bits per heavy atom. The molecule has 2 aliphatic heterocycles. The van der Waals surface area contributed by atoms with Gasteiger partial charge in [-0.05, 0) is 12.6 Å². The van der Waals surface area contributed by atoms with Gasteiger partial charge in [0.1, 0.15) is 0 Å². The number of hydrogen-bond donors (Lipinski definition) is 0. The summed E-state index contributed by atoms with van der Waals surface area (Å²) in [6.45, 7) is 6.19. The quantitative estimate of drug-likeness (QED) is 0.829. The topological polar surface area (TPSA) is 36.0 Å². The molecule has 0 aromatic heterocycles. The van der Waals surface area contributed by atoms with E-state index in [0.29, 0.717) is 25.8 Å². The van der Waals surface area contributed by atoms with Gasteiger partial charge in [0.05, 0.1) is 19.8 Å². The van der Waals surface area contributed by atoms with Crippen molar-refractivity contribution in [1.82, 2.24) is 14.7 Å². The molecule has 3 rings (SSSR count). The molecule has 1 aromatic carbocycles. The molecule has 120 valence electrons. The standard InChI is InChI=1S/C17H25N3O2/c1-18-7-8-19(13-16(18)15-5-3-2-4-6-15)14-17(21)20-9-11-22-12-10-20/h2-6,16H,7-14H2,1H3. The fourth-order valence-corrected chi connectivity index (χ4v) is 3.21. The van der Waals surface area contributed by atoms with Gasteiger partial charge >= 0.3 is 0 Å². The zero-order valence-electron chi connectivity index (χ0n) is 13.3. The minimum Gasteiger partial charge on any atom is -0.378 e. The zero-order chi connectivity index (χ0) is 15.4. The van der Waals surface area contributed by atoms with Crippen molar-refractivity contribution in [2.45, 2.75) is 6.04 Å². The van der Waals surface area contributed by atoms with Crippen molar-refractivity contribution in [3.8, 4) is 0 Å². The van der Waals surface area contributed by atoms with Crippen LogP contribution in [-0.4, -0.2) is 80.1 Å². The average Bonchev–Trinajstić information content (AvgIpc) is 2.58. The summed E-state index contributed by atoms with van der Waals surface area (Å²) in [6.07, 6.45) is 0. The first kappa shape index (κ1) is 15.5. The molecular weight excluding hydrogens is 278 g/mol. The van der Waals surface area contributed by atoms with Gasteiger partial charge in [0.25, 0.3) is 0 Å². The number of carbonyl (C=O) groups excluding carboxylic acids is 1. The Balaban J connectivity index is 1.59. The number of hydrogen-bond acceptors (Lipinski definition) is 4. The highest BCUT2D eigenvalue weighted by atomic mass is 16.5. The number of amides is 1. The van der Waals surface area contributed by atoms with Crippen molar-refractivity contribution in [3.63, 3.8) is 0 Å². The first-order valence-corrected chi connectivity index (χ1v) is 8.07. The fourth-order valence-electron chi connectivity index (χ4n) is 3.21. The maximum absolute atomic E-state index is 12.4. The van der Waals surface area contributed by atoms with E-state index in [4.69, 9.17) is 4.74 Å². The van der Waals surface area contributed by atoms with Crippen LogP contribution in [0.5, 0.6) is 0 Å². The van der Waals surface area contributed by atoms with Crippen LogP contribution in [0.15, 0.2) is 30.3 Å². The third-order valence-electron chi connectivity index (χ3n) is 4.64. The van der Waals surface area contributed by atoms with Crippen LogP contribution in [0, 0.1) is 0 Å². The highest BCUT2D eigenvalue weighted by Crippen LogP contribution is 2.23. The number of rotatable bonds is 3. The molecule has 5 heteroatoms. The number of likely N-dealkylation sites (N-methyl/N-ethyl adjacent to an activating group) is 1. The van der Waals surface area contributed by atoms with Gasteiger partial charge in [-0.1, -0.05) is 30.3 Å². The van der Waals surface area contributed by atoms with Crippen LogP contribution in [0.1, 0.15) is 11.6 Å². The van der Waals surface area contributed by atoms with Crippen molar-refractivity contribution < 1.29 is 9.53 Å². The second-order valence-electron chi connectivity index (χ2n) is 6.14. The van der Waals surface area contributed by atoms with E-state index in [-0.39, 0.29) is 5.91 Å². The van der Waals surface area contributed by atoms with Crippen molar-refractivity contribution >= 4 is 5.91 Å². The number of benzene rings is 1. The van der Waals surface area contributed by atoms with Crippen LogP contribution in [0.2, 0.25) is 0 Å². The summed E-state index contributed by atoms with van der Waals surface area (Å²) in [5, 5.41) is 0. The van der Waals surface area contributed by atoms with Gasteiger partial charge < -0.3 is 9.64 Å². The normalized spacial score (nSPS) is 24.4. The Hall–Kier alpha value is -1.43. The van der Waals surface area contributed by atoms with Gasteiger partial charge in [-0.3, -0.25) is 14.6 Å². The predicted octanol–water partition coefficient (Wildman–Crippen LogP) is 0.834. The van der Waals surface area contributed by atoms with Crippen molar-refractivity contribution in [2.24, 2.45) is 0 Å². The lowest BCUT2D eigenvalue weighted by Gasteiger charge is -2.40. The van der Waals surface area contributed by atoms with Gasteiger partial charge in [0.2, 0.25) is 5.91 Å². The van der Waals surface area contributed by atoms with Gasteiger partial charge in [0.15, 0.2) is 0 Å². The number of nitrogens with zero attached hydrogens (tertiary/aromatic N) is 3. The smallest absolute Gasteiger partial charge is 0.236 e. The van der Waals surface area contributed by atoms with Gasteiger partial charge in [0, 0.05) is 38.8 Å². The first-order chi connectivity index (χ1) is 10.7. The molecule has 1 amide bonds. The lowest BCUT2D eigenvalue weighted by atomic mass is 10.0. The molecule has 1 unspecified atom stereocenters. The van der Waals surface area contributed by atoms with E-state index in [1.807, 2.05) is 11.0 Å². The molecule has 0 bridgehead atoms. The Bertz CT molecular complexity index is 488. The molecule has 0 aliphatic carbocycles. The summed E-state index contributed by atoms with van der Waals surface area (Å²) in [4.78, 5) is 19.0. The lowest BCUT2D eigenvalue weighted by molar-refractivity contribution is -0.137. The van der Waals surface area contributed by atoms with Crippen molar-refractivity contribution in [2.75, 3.05) is 59.5 Å². The molecule has 1 atom stereocenters. The molecule has 0 radical (unpaired) electrons. The second-order valence-corrected chi connectivity index (χ2v) is 6.14. The van der Waals surface area contributed by atoms with Gasteiger partial charge in [-0.2, -0.15) is 0 Å². The van der Waals surface area contributed by atoms with E-state index in [1.54, 1.807) is 0 Å². The molecule has 0 N–H and O–H groups in total. The highest BCUT2D eigenvalue weighted by molar-refractivity contribution is 5.78. The summed E-state index contributed by atoms with van der Waals surface area (Å²) in [7, 11) is 2.17. The maximum Gasteiger partial charge on any atom is 0.236 e. The van der Waals surface area contributed by atoms with Crippen LogP contribution in [0.25, 0.3) is 0 Å². The summed E-state index contributed by atoms with van der Waals surface area (Å²) in [5.41, 5.74) is 1.33. The Morgan fingerprint density at radius 1 is 1.14 bits per heavy atom. The highest BCUT2D eigenvalue weighted by Gasteiger charge is 2.28. The largest absolute Gasteiger partial charge is 0.378 e. The molecule has 0 spiro atoms. The summed E-state index contributed by atoms with van der Waals surface area (Å²) in [6, 6.07) is 10.9. The van der Waals surface area contributed by atoms with E-state index < -0.39 is 0 Å². The Labute approximate surface area is 132 Å². The van der Waals surface area contributed by atoms with E-state index in [9.17, 15) is 4.79 Å². The third-order valence-corrected chi connectivity index (χ3v) is 4.64. The fraction of sp³-hybridized carbons (Fsp3) is 0.588. The molecule has 2 heterocycles. The third kappa shape index (κ3) is 3.66. The number of piperazine rings is 1. The molecular formula is C17H25N3O2. The van der Waals surface area contributed by atoms with E-state index in [2.05, 4.69) is 41.1 Å². The molecule has 0 saturated carbocycles. The molecule has 1 aromatic rings. The lowest BCUT2D eigenvalue weighted by Crippen LogP contribution is -2.51. The van der Waals surface area contributed by atoms with E-state index >= 15 is 0 Å². The Morgan fingerprint density at radius 2 is 1.86 bits per heavy atom. The van der Waals surface area contributed by atoms with Crippen LogP contribution < -0.4 is 0 Å². The predicted molar refractivity (Wildman–Crippen MR) is 85.7 cm³/mol. The van der Waals surface area contributed by atoms with E-state index in [0.717, 1.165) is 32.7 Å². The van der Waals surface area contributed by atoms with Crippen LogP contribution >= 0.6 is 0 Å². The Kier molecular flexibility index (Phi) is 5.08. The SMILES string of the molecule is CN1CCN(CC(=O)N2CCOCC2)CC1c1ccccc1. The van der Waals surface area contributed by atoms with Crippen LogP contribution in [-0.2, 0) is 9.53 Å². The monoisotopic (exact) mass is 303 g/mol. The average molecular weight is 303 g/mol. The number of carbonyl (C=O) groups is 1. The molecule has 22 heavy (non-hydrogen) atoms. The summed E-state index contributed by atoms with van der Waals surface area (Å²) in [5.74, 6) is 0.236. The minimum absolute atomic E-state index is 0.236. The molecule has 2 aliphatic rings. The number of morpholine rings is 1. The van der Waals surface area contributed by atoms with Crippen molar-refractivity contribution in [1.29, 1.82) is 0 Å². The van der Waals surface area contributed by atoms with Crippen LogP contribution in [0.4, 0.5) is 0 Å². The maximum atomic E-state index is 12.4. The molecule has 2 fully saturated rings. The molecule has 2 saturated heterocycles. The summed E-state index contributed by atoms with van der Waals surface area (Å²) >= 11 is 0. The summed E-state index contributed by atoms with van der Waals surface area (Å²) < 4.78 is 5.31. The van der Waals surface area contributed by atoms with Crippen molar-refractivity contribution in [3.05, 3.63) is 35.9 Å². The van der Waals surface area contributed by atoms with Gasteiger partial charge in [-0.25, -0.2) is 0 Å². The van der Waals surface area contributed by atoms with E-state index in [1.165, 1.54) is 5.56 Å². The second kappa shape index (κ2) is 7.22. The number of ether oxygens (including phenoxy) is 1.